The minimum absolute atomic E-state index is 0.107. The predicted octanol–water partition coefficient (Wildman–Crippen LogP) is 3.25. The summed E-state index contributed by atoms with van der Waals surface area (Å²) in [5, 5.41) is 0. The van der Waals surface area contributed by atoms with E-state index < -0.39 is 0 Å². The number of benzene rings is 1. The number of carbonyl (C=O) groups excluding carboxylic acids is 1. The van der Waals surface area contributed by atoms with Crippen molar-refractivity contribution in [3.05, 3.63) is 29.8 Å². The van der Waals surface area contributed by atoms with Crippen LogP contribution >= 0.6 is 0 Å². The minimum Gasteiger partial charge on any atom is -0.493 e. The van der Waals surface area contributed by atoms with Gasteiger partial charge < -0.3 is 4.74 Å². The summed E-state index contributed by atoms with van der Waals surface area (Å²) in [5.74, 6) is 0.787. The highest BCUT2D eigenvalue weighted by molar-refractivity contribution is 6.00. The second kappa shape index (κ2) is 6.71. The van der Waals surface area contributed by atoms with Crippen LogP contribution in [0.15, 0.2) is 24.3 Å². The van der Waals surface area contributed by atoms with Crippen LogP contribution in [0.3, 0.4) is 0 Å². The van der Waals surface area contributed by atoms with Crippen LogP contribution < -0.4 is 4.74 Å². The normalized spacial score (nSPS) is 11.7. The van der Waals surface area contributed by atoms with E-state index in [4.69, 9.17) is 4.74 Å². The molecule has 19 heavy (non-hydrogen) atoms. The van der Waals surface area contributed by atoms with Crippen LogP contribution in [0.25, 0.3) is 0 Å². The Labute approximate surface area is 116 Å². The third kappa shape index (κ3) is 5.43. The number of rotatable bonds is 6. The smallest absolute Gasteiger partial charge is 0.180 e. The van der Waals surface area contributed by atoms with Crippen LogP contribution in [0.4, 0.5) is 0 Å². The lowest BCUT2D eigenvalue weighted by Crippen LogP contribution is -2.33. The number of para-hydroxylation sites is 1. The molecule has 1 rings (SSSR count). The highest BCUT2D eigenvalue weighted by Crippen LogP contribution is 2.20. The zero-order valence-electron chi connectivity index (χ0n) is 12.7. The van der Waals surface area contributed by atoms with Gasteiger partial charge in [-0.05, 0) is 31.5 Å². The summed E-state index contributed by atoms with van der Waals surface area (Å²) in [4.78, 5) is 14.4. The average Bonchev–Trinajstić information content (AvgIpc) is 2.27. The Morgan fingerprint density at radius 3 is 2.47 bits per heavy atom. The zero-order chi connectivity index (χ0) is 14.5. The molecule has 3 nitrogen and oxygen atoms in total. The molecule has 3 heteroatoms. The first-order valence-corrected chi connectivity index (χ1v) is 6.77. The van der Waals surface area contributed by atoms with Gasteiger partial charge in [-0.3, -0.25) is 9.69 Å². The number of Topliss-reactive ketones (excluding diaryl/α,β-unsaturated/α-hetero) is 1. The van der Waals surface area contributed by atoms with Crippen molar-refractivity contribution < 1.29 is 9.53 Å². The Hall–Kier alpha value is -1.35. The van der Waals surface area contributed by atoms with Gasteiger partial charge in [0.15, 0.2) is 5.78 Å². The summed E-state index contributed by atoms with van der Waals surface area (Å²) >= 11 is 0. The molecule has 0 heterocycles. The summed E-state index contributed by atoms with van der Waals surface area (Å²) in [6.45, 7) is 10.3. The fourth-order valence-electron chi connectivity index (χ4n) is 2.17. The zero-order valence-corrected chi connectivity index (χ0v) is 12.7. The molecule has 0 N–H and O–H groups in total. The SMILES string of the molecule is CCOc1ccccc1C(=O)CN(C)CC(C)(C)C. The van der Waals surface area contributed by atoms with Crippen molar-refractivity contribution in [1.29, 1.82) is 0 Å². The first-order chi connectivity index (χ1) is 8.83. The third-order valence-electron chi connectivity index (χ3n) is 2.65. The fourth-order valence-corrected chi connectivity index (χ4v) is 2.17. The summed E-state index contributed by atoms with van der Waals surface area (Å²) in [6.07, 6.45) is 0. The van der Waals surface area contributed by atoms with Gasteiger partial charge in [-0.1, -0.05) is 32.9 Å². The van der Waals surface area contributed by atoms with Crippen molar-refractivity contribution >= 4 is 5.78 Å². The quantitative estimate of drug-likeness (QED) is 0.738. The second-order valence-electron chi connectivity index (χ2n) is 6.09. The molecule has 0 bridgehead atoms. The summed E-state index contributed by atoms with van der Waals surface area (Å²) in [5.41, 5.74) is 0.860. The maximum atomic E-state index is 12.3. The Balaban J connectivity index is 2.73. The number of carbonyl (C=O) groups is 1. The standard InChI is InChI=1S/C16H25NO2/c1-6-19-15-10-8-7-9-13(15)14(18)11-17(5)12-16(2,3)4/h7-10H,6,11-12H2,1-5H3. The Bertz CT molecular complexity index is 421. The number of ketones is 1. The molecule has 0 radical (unpaired) electrons. The van der Waals surface area contributed by atoms with E-state index in [0.29, 0.717) is 24.5 Å². The largest absolute Gasteiger partial charge is 0.493 e. The first-order valence-electron chi connectivity index (χ1n) is 6.77. The van der Waals surface area contributed by atoms with E-state index in [1.54, 1.807) is 0 Å². The molecule has 1 aromatic carbocycles. The molecule has 0 saturated carbocycles. The maximum Gasteiger partial charge on any atom is 0.180 e. The van der Waals surface area contributed by atoms with Crippen LogP contribution in [0.2, 0.25) is 0 Å². The first kappa shape index (κ1) is 15.7. The van der Waals surface area contributed by atoms with E-state index in [1.807, 2.05) is 38.2 Å². The van der Waals surface area contributed by atoms with Gasteiger partial charge in [0.05, 0.1) is 18.7 Å². The van der Waals surface area contributed by atoms with Gasteiger partial charge in [0.25, 0.3) is 0 Å². The van der Waals surface area contributed by atoms with Crippen molar-refractivity contribution in [1.82, 2.24) is 4.90 Å². The van der Waals surface area contributed by atoms with Gasteiger partial charge >= 0.3 is 0 Å². The maximum absolute atomic E-state index is 12.3. The van der Waals surface area contributed by atoms with Crippen molar-refractivity contribution in [2.24, 2.45) is 5.41 Å². The molecular formula is C16H25NO2. The van der Waals surface area contributed by atoms with Gasteiger partial charge in [-0.2, -0.15) is 0 Å². The predicted molar refractivity (Wildman–Crippen MR) is 78.9 cm³/mol. The third-order valence-corrected chi connectivity index (χ3v) is 2.65. The number of hydrogen-bond acceptors (Lipinski definition) is 3. The van der Waals surface area contributed by atoms with E-state index in [9.17, 15) is 4.79 Å². The lowest BCUT2D eigenvalue weighted by atomic mass is 9.96. The van der Waals surface area contributed by atoms with Crippen molar-refractivity contribution in [3.8, 4) is 5.75 Å². The van der Waals surface area contributed by atoms with E-state index >= 15 is 0 Å². The van der Waals surface area contributed by atoms with E-state index in [-0.39, 0.29) is 11.2 Å². The Kier molecular flexibility index (Phi) is 5.55. The summed E-state index contributed by atoms with van der Waals surface area (Å²) in [7, 11) is 1.98. The van der Waals surface area contributed by atoms with E-state index in [1.165, 1.54) is 0 Å². The van der Waals surface area contributed by atoms with Gasteiger partial charge in [0, 0.05) is 6.54 Å². The van der Waals surface area contributed by atoms with Crippen molar-refractivity contribution in [2.75, 3.05) is 26.7 Å². The average molecular weight is 263 g/mol. The molecule has 1 aromatic rings. The molecule has 0 unspecified atom stereocenters. The van der Waals surface area contributed by atoms with Crippen LogP contribution in [0.5, 0.6) is 5.75 Å². The molecule has 0 atom stereocenters. The second-order valence-corrected chi connectivity index (χ2v) is 6.09. The molecule has 0 aliphatic rings. The van der Waals surface area contributed by atoms with Crippen LogP contribution in [-0.2, 0) is 0 Å². The molecular weight excluding hydrogens is 238 g/mol. The van der Waals surface area contributed by atoms with E-state index in [2.05, 4.69) is 25.7 Å². The minimum atomic E-state index is 0.107. The highest BCUT2D eigenvalue weighted by Gasteiger charge is 2.18. The highest BCUT2D eigenvalue weighted by atomic mass is 16.5. The summed E-state index contributed by atoms with van der Waals surface area (Å²) in [6, 6.07) is 7.44. The van der Waals surface area contributed by atoms with E-state index in [0.717, 1.165) is 6.54 Å². The molecule has 0 aliphatic heterocycles. The topological polar surface area (TPSA) is 29.5 Å². The number of nitrogens with zero attached hydrogens (tertiary/aromatic N) is 1. The molecule has 0 fully saturated rings. The molecule has 0 amide bonds. The molecule has 0 saturated heterocycles. The Morgan fingerprint density at radius 2 is 1.89 bits per heavy atom. The van der Waals surface area contributed by atoms with Gasteiger partial charge in [-0.25, -0.2) is 0 Å². The van der Waals surface area contributed by atoms with Gasteiger partial charge in [0.2, 0.25) is 0 Å². The Morgan fingerprint density at radius 1 is 1.26 bits per heavy atom. The lowest BCUT2D eigenvalue weighted by molar-refractivity contribution is 0.0923. The van der Waals surface area contributed by atoms with Crippen LogP contribution in [0, 0.1) is 5.41 Å². The number of hydrogen-bond donors (Lipinski definition) is 0. The number of ether oxygens (including phenoxy) is 1. The van der Waals surface area contributed by atoms with Crippen molar-refractivity contribution in [3.63, 3.8) is 0 Å². The van der Waals surface area contributed by atoms with Gasteiger partial charge in [-0.15, -0.1) is 0 Å². The molecule has 0 spiro atoms. The molecule has 0 aliphatic carbocycles. The summed E-state index contributed by atoms with van der Waals surface area (Å²) < 4.78 is 5.50. The van der Waals surface area contributed by atoms with Crippen LogP contribution in [0.1, 0.15) is 38.1 Å². The van der Waals surface area contributed by atoms with Gasteiger partial charge in [0.1, 0.15) is 5.75 Å². The molecule has 106 valence electrons. The lowest BCUT2D eigenvalue weighted by Gasteiger charge is -2.26. The number of likely N-dealkylation sites (N-methyl/N-ethyl adjacent to an activating group) is 1. The monoisotopic (exact) mass is 263 g/mol. The van der Waals surface area contributed by atoms with Crippen LogP contribution in [-0.4, -0.2) is 37.4 Å². The fraction of sp³-hybridized carbons (Fsp3) is 0.562. The van der Waals surface area contributed by atoms with Crippen molar-refractivity contribution in [2.45, 2.75) is 27.7 Å². The molecule has 0 aromatic heterocycles.